The molecule has 174 valence electrons. The molecule has 1 fully saturated rings. The Balaban J connectivity index is 1.29. The highest BCUT2D eigenvalue weighted by atomic mass is 19.4. The molecule has 2 aliphatic rings. The molecule has 10 heteroatoms. The summed E-state index contributed by atoms with van der Waals surface area (Å²) in [6.07, 6.45) is -2.04. The van der Waals surface area contributed by atoms with Crippen LogP contribution in [0.3, 0.4) is 0 Å². The zero-order valence-electron chi connectivity index (χ0n) is 18.5. The Bertz CT molecular complexity index is 1210. The number of pyridine rings is 1. The Hall–Kier alpha value is -3.17. The third-order valence-corrected chi connectivity index (χ3v) is 6.76. The van der Waals surface area contributed by atoms with Gasteiger partial charge in [-0.1, -0.05) is 19.1 Å². The fourth-order valence-corrected chi connectivity index (χ4v) is 5.04. The largest absolute Gasteiger partial charge is 0.451 e. The van der Waals surface area contributed by atoms with Gasteiger partial charge in [-0.05, 0) is 37.0 Å². The summed E-state index contributed by atoms with van der Waals surface area (Å²) in [7, 11) is 0. The number of nitrogens with zero attached hydrogens (tertiary/aromatic N) is 6. The number of benzene rings is 1. The van der Waals surface area contributed by atoms with Crippen molar-refractivity contribution in [1.82, 2.24) is 24.6 Å². The number of piperidine rings is 1. The lowest BCUT2D eigenvalue weighted by molar-refractivity contribution is -0.148. The van der Waals surface area contributed by atoms with Crippen molar-refractivity contribution in [2.45, 2.75) is 39.5 Å². The van der Waals surface area contributed by atoms with Crippen molar-refractivity contribution in [1.29, 1.82) is 0 Å². The number of anilines is 1. The van der Waals surface area contributed by atoms with E-state index in [2.05, 4.69) is 45.2 Å². The molecule has 5 rings (SSSR count). The second kappa shape index (κ2) is 8.00. The summed E-state index contributed by atoms with van der Waals surface area (Å²) >= 11 is 0. The van der Waals surface area contributed by atoms with Crippen LogP contribution in [-0.2, 0) is 24.1 Å². The minimum absolute atomic E-state index is 0.0137. The van der Waals surface area contributed by atoms with Crippen molar-refractivity contribution < 1.29 is 18.0 Å². The first-order valence-electron chi connectivity index (χ1n) is 11.1. The molecule has 33 heavy (non-hydrogen) atoms. The van der Waals surface area contributed by atoms with Gasteiger partial charge in [0.15, 0.2) is 5.82 Å². The number of hydrogen-bond donors (Lipinski definition) is 0. The van der Waals surface area contributed by atoms with Gasteiger partial charge < -0.3 is 14.4 Å². The van der Waals surface area contributed by atoms with E-state index in [4.69, 9.17) is 0 Å². The predicted molar refractivity (Wildman–Crippen MR) is 116 cm³/mol. The van der Waals surface area contributed by atoms with Crippen LogP contribution in [0.1, 0.15) is 30.6 Å². The lowest BCUT2D eigenvalue weighted by Gasteiger charge is -2.40. The van der Waals surface area contributed by atoms with Crippen LogP contribution in [0, 0.1) is 18.8 Å². The van der Waals surface area contributed by atoms with E-state index in [1.165, 1.54) is 0 Å². The molecule has 4 heterocycles. The average Bonchev–Trinajstić information content (AvgIpc) is 3.22. The Kier molecular flexibility index (Phi) is 5.25. The Labute approximate surface area is 189 Å². The fraction of sp³-hybridized carbons (Fsp3) is 0.478. The maximum Gasteiger partial charge on any atom is 0.451 e. The molecule has 0 bridgehead atoms. The van der Waals surface area contributed by atoms with Crippen molar-refractivity contribution in [3.8, 4) is 0 Å². The standard InChI is InChI=1S/C23H25F3N6O/c1-14-3-4-17-18(11-14)27-7-5-19(17)30-8-6-16(15(2)12-30)21(33)31-9-10-32-20(13-31)28-29-22(32)23(24,25)26/h3-5,7,11,15-16H,6,8-10,12-13H2,1-2H3/t15-,16+/m1/s1. The fourth-order valence-electron chi connectivity index (χ4n) is 5.04. The number of hydrogen-bond acceptors (Lipinski definition) is 5. The molecule has 0 aliphatic carbocycles. The summed E-state index contributed by atoms with van der Waals surface area (Å²) in [5, 5.41) is 8.09. The molecular weight excluding hydrogens is 433 g/mol. The molecule has 1 saturated heterocycles. The van der Waals surface area contributed by atoms with Gasteiger partial charge in [0.2, 0.25) is 11.7 Å². The monoisotopic (exact) mass is 458 g/mol. The summed E-state index contributed by atoms with van der Waals surface area (Å²) in [6.45, 7) is 5.91. The number of carbonyl (C=O) groups excluding carboxylic acids is 1. The van der Waals surface area contributed by atoms with E-state index in [0.29, 0.717) is 6.42 Å². The van der Waals surface area contributed by atoms with E-state index in [1.54, 1.807) is 4.90 Å². The smallest absolute Gasteiger partial charge is 0.371 e. The number of alkyl halides is 3. The normalized spacial score (nSPS) is 21.4. The predicted octanol–water partition coefficient (Wildman–Crippen LogP) is 3.66. The Morgan fingerprint density at radius 3 is 2.70 bits per heavy atom. The van der Waals surface area contributed by atoms with Crippen molar-refractivity contribution in [2.75, 3.05) is 24.5 Å². The number of aryl methyl sites for hydroxylation is 1. The van der Waals surface area contributed by atoms with Crippen LogP contribution in [0.2, 0.25) is 0 Å². The molecule has 1 aromatic carbocycles. The first-order chi connectivity index (χ1) is 15.7. The van der Waals surface area contributed by atoms with Gasteiger partial charge in [-0.3, -0.25) is 9.78 Å². The van der Waals surface area contributed by atoms with Crippen molar-refractivity contribution in [2.24, 2.45) is 11.8 Å². The van der Waals surface area contributed by atoms with E-state index in [0.717, 1.165) is 39.8 Å². The molecule has 2 aliphatic heterocycles. The second-order valence-corrected chi connectivity index (χ2v) is 9.02. The van der Waals surface area contributed by atoms with Crippen molar-refractivity contribution in [3.63, 3.8) is 0 Å². The topological polar surface area (TPSA) is 67.2 Å². The molecule has 1 amide bonds. The van der Waals surface area contributed by atoms with Crippen molar-refractivity contribution >= 4 is 22.5 Å². The maximum absolute atomic E-state index is 13.3. The van der Waals surface area contributed by atoms with Crippen LogP contribution < -0.4 is 4.90 Å². The van der Waals surface area contributed by atoms with Gasteiger partial charge >= 0.3 is 6.18 Å². The van der Waals surface area contributed by atoms with Crippen LogP contribution >= 0.6 is 0 Å². The third kappa shape index (κ3) is 3.91. The van der Waals surface area contributed by atoms with E-state index < -0.39 is 12.0 Å². The quantitative estimate of drug-likeness (QED) is 0.587. The van der Waals surface area contributed by atoms with E-state index >= 15 is 0 Å². The van der Waals surface area contributed by atoms with Gasteiger partial charge in [0.25, 0.3) is 0 Å². The first kappa shape index (κ1) is 21.7. The van der Waals surface area contributed by atoms with Crippen LogP contribution in [0.15, 0.2) is 30.5 Å². The third-order valence-electron chi connectivity index (χ3n) is 6.76. The van der Waals surface area contributed by atoms with E-state index in [1.807, 2.05) is 19.2 Å². The number of carbonyl (C=O) groups is 1. The summed E-state index contributed by atoms with van der Waals surface area (Å²) in [4.78, 5) is 21.7. The lowest BCUT2D eigenvalue weighted by Crippen LogP contribution is -2.49. The SMILES string of the molecule is Cc1ccc2c(N3CC[C@H](C(=O)N4CCn5c(nnc5C(F)(F)F)C4)[C@H](C)C3)ccnc2c1. The minimum atomic E-state index is -4.55. The molecule has 0 N–H and O–H groups in total. The molecule has 2 atom stereocenters. The Morgan fingerprint density at radius 1 is 1.12 bits per heavy atom. The number of halogens is 3. The van der Waals surface area contributed by atoms with Gasteiger partial charge in [-0.25, -0.2) is 0 Å². The molecule has 2 aromatic heterocycles. The van der Waals surface area contributed by atoms with Crippen LogP contribution in [0.25, 0.3) is 10.9 Å². The van der Waals surface area contributed by atoms with Crippen LogP contribution in [-0.4, -0.2) is 50.2 Å². The summed E-state index contributed by atoms with van der Waals surface area (Å²) < 4.78 is 40.3. The highest BCUT2D eigenvalue weighted by Crippen LogP contribution is 2.34. The highest BCUT2D eigenvalue weighted by molar-refractivity contribution is 5.92. The number of amides is 1. The van der Waals surface area contributed by atoms with Gasteiger partial charge in [0.05, 0.1) is 12.1 Å². The van der Waals surface area contributed by atoms with E-state index in [9.17, 15) is 18.0 Å². The second-order valence-electron chi connectivity index (χ2n) is 9.02. The zero-order chi connectivity index (χ0) is 23.3. The Morgan fingerprint density at radius 2 is 1.94 bits per heavy atom. The molecule has 0 spiro atoms. The molecule has 0 radical (unpaired) electrons. The maximum atomic E-state index is 13.3. The molecule has 0 saturated carbocycles. The number of fused-ring (bicyclic) bond motifs is 2. The van der Waals surface area contributed by atoms with Gasteiger partial charge in [-0.2, -0.15) is 13.2 Å². The minimum Gasteiger partial charge on any atom is -0.371 e. The van der Waals surface area contributed by atoms with Crippen molar-refractivity contribution in [3.05, 3.63) is 47.7 Å². The van der Waals surface area contributed by atoms with Gasteiger partial charge in [0, 0.05) is 49.4 Å². The summed E-state index contributed by atoms with van der Waals surface area (Å²) in [5.74, 6) is -0.893. The van der Waals surface area contributed by atoms with Gasteiger partial charge in [-0.15, -0.1) is 10.2 Å². The van der Waals surface area contributed by atoms with E-state index in [-0.39, 0.29) is 43.2 Å². The molecule has 0 unspecified atom stereocenters. The average molecular weight is 458 g/mol. The number of rotatable bonds is 2. The highest BCUT2D eigenvalue weighted by Gasteiger charge is 2.41. The molecule has 3 aromatic rings. The van der Waals surface area contributed by atoms with Crippen LogP contribution in [0.5, 0.6) is 0 Å². The lowest BCUT2D eigenvalue weighted by atomic mass is 9.85. The summed E-state index contributed by atoms with van der Waals surface area (Å²) in [6, 6.07) is 8.25. The molecule has 7 nitrogen and oxygen atoms in total. The van der Waals surface area contributed by atoms with Crippen LogP contribution in [0.4, 0.5) is 18.9 Å². The van der Waals surface area contributed by atoms with Gasteiger partial charge in [0.1, 0.15) is 0 Å². The molecular formula is C23H25F3N6O. The zero-order valence-corrected chi connectivity index (χ0v) is 18.5. The number of aromatic nitrogens is 4. The first-order valence-corrected chi connectivity index (χ1v) is 11.1. The summed E-state index contributed by atoms with van der Waals surface area (Å²) in [5.41, 5.74) is 3.22.